The Bertz CT molecular complexity index is 727. The number of carbonyl (C=O) groups excluding carboxylic acids is 1. The van der Waals surface area contributed by atoms with Crippen molar-refractivity contribution < 1.29 is 9.32 Å². The molecule has 0 bridgehead atoms. The van der Waals surface area contributed by atoms with Crippen LogP contribution in [0.4, 0.5) is 0 Å². The molecule has 8 heteroatoms. The van der Waals surface area contributed by atoms with Crippen LogP contribution in [0.2, 0.25) is 0 Å². The van der Waals surface area contributed by atoms with Gasteiger partial charge in [-0.25, -0.2) is 0 Å². The molecule has 6 nitrogen and oxygen atoms in total. The third-order valence-corrected chi connectivity index (χ3v) is 5.94. The number of carbonyl (C=O) groups is 1. The number of halogens is 1. The van der Waals surface area contributed by atoms with E-state index < -0.39 is 0 Å². The highest BCUT2D eigenvalue weighted by Crippen LogP contribution is 2.39. The highest BCUT2D eigenvalue weighted by molar-refractivity contribution is 9.11. The van der Waals surface area contributed by atoms with E-state index in [-0.39, 0.29) is 11.9 Å². The van der Waals surface area contributed by atoms with Gasteiger partial charge in [-0.2, -0.15) is 4.98 Å². The van der Waals surface area contributed by atoms with Crippen molar-refractivity contribution in [1.29, 1.82) is 0 Å². The molecule has 4 rings (SSSR count). The maximum Gasteiger partial charge on any atom is 0.254 e. The van der Waals surface area contributed by atoms with Gasteiger partial charge >= 0.3 is 0 Å². The molecule has 0 aromatic carbocycles. The molecule has 3 heterocycles. The van der Waals surface area contributed by atoms with Gasteiger partial charge < -0.3 is 9.42 Å². The third kappa shape index (κ3) is 3.07. The molecule has 1 amide bonds. The molecule has 1 atom stereocenters. The Kier molecular flexibility index (Phi) is 3.98. The van der Waals surface area contributed by atoms with E-state index in [1.807, 2.05) is 23.4 Å². The molecule has 122 valence electrons. The van der Waals surface area contributed by atoms with Crippen LogP contribution in [0.3, 0.4) is 0 Å². The van der Waals surface area contributed by atoms with Crippen molar-refractivity contribution in [2.45, 2.75) is 24.8 Å². The molecule has 0 radical (unpaired) electrons. The predicted molar refractivity (Wildman–Crippen MR) is 89.6 cm³/mol. The molecule has 0 unspecified atom stereocenters. The second-order valence-corrected chi connectivity index (χ2v) is 8.44. The van der Waals surface area contributed by atoms with E-state index in [9.17, 15) is 4.79 Å². The van der Waals surface area contributed by atoms with Crippen LogP contribution in [0.5, 0.6) is 0 Å². The number of hydrogen-bond acceptors (Lipinski definition) is 6. The molecular formula is C15H17BrN4O2S. The highest BCUT2D eigenvalue weighted by Gasteiger charge is 2.35. The van der Waals surface area contributed by atoms with Crippen LogP contribution in [0, 0.1) is 0 Å². The van der Waals surface area contributed by atoms with Crippen molar-refractivity contribution in [3.8, 4) is 0 Å². The molecule has 1 aliphatic heterocycles. The van der Waals surface area contributed by atoms with Gasteiger partial charge in [0.05, 0.1) is 9.35 Å². The van der Waals surface area contributed by atoms with E-state index in [2.05, 4.69) is 31.0 Å². The van der Waals surface area contributed by atoms with Crippen molar-refractivity contribution in [2.75, 3.05) is 26.7 Å². The van der Waals surface area contributed by atoms with Gasteiger partial charge in [0, 0.05) is 30.9 Å². The molecular weight excluding hydrogens is 380 g/mol. The number of thiophene rings is 1. The quantitative estimate of drug-likeness (QED) is 0.797. The summed E-state index contributed by atoms with van der Waals surface area (Å²) in [6, 6.07) is 1.84. The largest absolute Gasteiger partial charge is 0.338 e. The molecule has 0 N–H and O–H groups in total. The molecule has 1 aliphatic carbocycles. The maximum atomic E-state index is 12.6. The average molecular weight is 397 g/mol. The third-order valence-electron chi connectivity index (χ3n) is 4.43. The van der Waals surface area contributed by atoms with Gasteiger partial charge in [-0.05, 0) is 41.9 Å². The lowest BCUT2D eigenvalue weighted by molar-refractivity contribution is 0.0489. The predicted octanol–water partition coefficient (Wildman–Crippen LogP) is 2.90. The second-order valence-electron chi connectivity index (χ2n) is 6.15. The standard InChI is InChI=1S/C15H17BrN4O2S/c1-19-4-5-20(15(21)10-6-12(16)23-8-10)7-11(19)14-17-13(18-22-14)9-2-3-9/h6,8-9,11H,2-5,7H2,1H3/t11-/m1/s1. The Balaban J connectivity index is 1.51. The summed E-state index contributed by atoms with van der Waals surface area (Å²) in [5.41, 5.74) is 0.731. The van der Waals surface area contributed by atoms with Crippen LogP contribution in [-0.2, 0) is 0 Å². The number of amides is 1. The zero-order chi connectivity index (χ0) is 16.0. The Labute approximate surface area is 146 Å². The van der Waals surface area contributed by atoms with Crippen molar-refractivity contribution in [2.24, 2.45) is 0 Å². The van der Waals surface area contributed by atoms with E-state index in [0.717, 1.165) is 34.6 Å². The van der Waals surface area contributed by atoms with Gasteiger partial charge in [0.25, 0.3) is 5.91 Å². The Morgan fingerprint density at radius 3 is 2.96 bits per heavy atom. The fraction of sp³-hybridized carbons (Fsp3) is 0.533. The number of piperazine rings is 1. The zero-order valence-electron chi connectivity index (χ0n) is 12.7. The molecule has 0 spiro atoms. The van der Waals surface area contributed by atoms with Crippen LogP contribution in [0.1, 0.15) is 46.9 Å². The summed E-state index contributed by atoms with van der Waals surface area (Å²) in [7, 11) is 2.04. The molecule has 2 aromatic rings. The number of aromatic nitrogens is 2. The molecule has 2 aliphatic rings. The lowest BCUT2D eigenvalue weighted by atomic mass is 10.1. The summed E-state index contributed by atoms with van der Waals surface area (Å²) in [4.78, 5) is 21.3. The normalized spacial score (nSPS) is 22.5. The Hall–Kier alpha value is -1.25. The van der Waals surface area contributed by atoms with E-state index >= 15 is 0 Å². The van der Waals surface area contributed by atoms with Crippen molar-refractivity contribution in [3.05, 3.63) is 32.5 Å². The summed E-state index contributed by atoms with van der Waals surface area (Å²) in [6.07, 6.45) is 2.30. The number of rotatable bonds is 3. The lowest BCUT2D eigenvalue weighted by Crippen LogP contribution is -2.49. The number of hydrogen-bond donors (Lipinski definition) is 0. The van der Waals surface area contributed by atoms with Crippen LogP contribution < -0.4 is 0 Å². The van der Waals surface area contributed by atoms with Crippen molar-refractivity contribution in [1.82, 2.24) is 19.9 Å². The van der Waals surface area contributed by atoms with Gasteiger partial charge in [0.2, 0.25) is 5.89 Å². The molecule has 23 heavy (non-hydrogen) atoms. The Morgan fingerprint density at radius 1 is 1.43 bits per heavy atom. The monoisotopic (exact) mass is 396 g/mol. The van der Waals surface area contributed by atoms with Gasteiger partial charge in [0.1, 0.15) is 6.04 Å². The molecule has 2 fully saturated rings. The van der Waals surface area contributed by atoms with Crippen LogP contribution in [-0.4, -0.2) is 52.5 Å². The fourth-order valence-corrected chi connectivity index (χ4v) is 3.95. The van der Waals surface area contributed by atoms with Crippen molar-refractivity contribution in [3.63, 3.8) is 0 Å². The first-order valence-corrected chi connectivity index (χ1v) is 9.36. The van der Waals surface area contributed by atoms with Crippen LogP contribution >= 0.6 is 27.3 Å². The van der Waals surface area contributed by atoms with E-state index in [1.165, 1.54) is 11.3 Å². The van der Waals surface area contributed by atoms with E-state index in [4.69, 9.17) is 4.52 Å². The second kappa shape index (κ2) is 5.99. The summed E-state index contributed by atoms with van der Waals surface area (Å²) in [5.74, 6) is 1.98. The minimum Gasteiger partial charge on any atom is -0.338 e. The van der Waals surface area contributed by atoms with Crippen molar-refractivity contribution >= 4 is 33.2 Å². The minimum atomic E-state index is -0.0326. The topological polar surface area (TPSA) is 62.5 Å². The molecule has 2 aromatic heterocycles. The smallest absolute Gasteiger partial charge is 0.254 e. The summed E-state index contributed by atoms with van der Waals surface area (Å²) >= 11 is 4.94. The van der Waals surface area contributed by atoms with Crippen LogP contribution in [0.15, 0.2) is 19.8 Å². The Morgan fingerprint density at radius 2 is 2.26 bits per heavy atom. The first-order valence-electron chi connectivity index (χ1n) is 7.69. The summed E-state index contributed by atoms with van der Waals surface area (Å²) in [6.45, 7) is 2.08. The van der Waals surface area contributed by atoms with E-state index in [0.29, 0.717) is 24.9 Å². The summed E-state index contributed by atoms with van der Waals surface area (Å²) < 4.78 is 6.44. The number of nitrogens with zero attached hydrogens (tertiary/aromatic N) is 4. The highest BCUT2D eigenvalue weighted by atomic mass is 79.9. The van der Waals surface area contributed by atoms with E-state index in [1.54, 1.807) is 0 Å². The first-order chi connectivity index (χ1) is 11.1. The molecule has 1 saturated carbocycles. The van der Waals surface area contributed by atoms with Gasteiger partial charge in [-0.15, -0.1) is 11.3 Å². The number of likely N-dealkylation sites (N-methyl/N-ethyl adjacent to an activating group) is 1. The maximum absolute atomic E-state index is 12.6. The lowest BCUT2D eigenvalue weighted by Gasteiger charge is -2.37. The van der Waals surface area contributed by atoms with Crippen LogP contribution in [0.25, 0.3) is 0 Å². The van der Waals surface area contributed by atoms with Gasteiger partial charge in [-0.3, -0.25) is 9.69 Å². The first kappa shape index (κ1) is 15.3. The molecule has 1 saturated heterocycles. The summed E-state index contributed by atoms with van der Waals surface area (Å²) in [5, 5.41) is 5.99. The fourth-order valence-electron chi connectivity index (χ4n) is 2.82. The minimum absolute atomic E-state index is 0.0326. The average Bonchev–Trinajstić information content (AvgIpc) is 3.12. The van der Waals surface area contributed by atoms with Gasteiger partial charge in [0.15, 0.2) is 5.82 Å². The zero-order valence-corrected chi connectivity index (χ0v) is 15.1. The SMILES string of the molecule is CN1CCN(C(=O)c2csc(Br)c2)C[C@@H]1c1nc(C2CC2)no1. The van der Waals surface area contributed by atoms with Gasteiger partial charge in [-0.1, -0.05) is 5.16 Å².